The summed E-state index contributed by atoms with van der Waals surface area (Å²) in [7, 11) is 0. The molecule has 2 aromatic carbocycles. The molecular weight excluding hydrogens is 287 g/mol. The van der Waals surface area contributed by atoms with E-state index < -0.39 is 17.3 Å². The molecule has 3 rings (SSSR count). The van der Waals surface area contributed by atoms with Crippen LogP contribution in [0.3, 0.4) is 0 Å². The van der Waals surface area contributed by atoms with E-state index >= 15 is 0 Å². The second-order valence-electron chi connectivity index (χ2n) is 5.06. The third kappa shape index (κ3) is 1.73. The van der Waals surface area contributed by atoms with Gasteiger partial charge in [-0.1, -0.05) is 0 Å². The molecule has 2 heteroatoms. The molecule has 0 bridgehead atoms. The zero-order chi connectivity index (χ0) is 12.6. The molecule has 0 amide bonds. The maximum atomic E-state index is 11.4. The van der Waals surface area contributed by atoms with Gasteiger partial charge in [0.2, 0.25) is 0 Å². The van der Waals surface area contributed by atoms with Gasteiger partial charge in [0.15, 0.2) is 0 Å². The third-order valence-electron chi connectivity index (χ3n) is 3.86. The van der Waals surface area contributed by atoms with Crippen LogP contribution in [-0.4, -0.2) is 18.0 Å². The Morgan fingerprint density at radius 2 is 1.22 bits per heavy atom. The van der Waals surface area contributed by atoms with Crippen molar-refractivity contribution in [1.29, 1.82) is 0 Å². The summed E-state index contributed by atoms with van der Waals surface area (Å²) in [5.74, 6) is 2.33. The van der Waals surface area contributed by atoms with E-state index in [-0.39, 0.29) is 0 Å². The van der Waals surface area contributed by atoms with Crippen LogP contribution < -0.4 is 0 Å². The normalized spacial score (nSPS) is 19.2. The second kappa shape index (κ2) is 4.24. The number of aliphatic hydroxyl groups is 1. The van der Waals surface area contributed by atoms with Crippen LogP contribution in [0.25, 0.3) is 0 Å². The summed E-state index contributed by atoms with van der Waals surface area (Å²) in [6, 6.07) is 20.3. The molecule has 1 aliphatic rings. The van der Waals surface area contributed by atoms with Crippen molar-refractivity contribution < 1.29 is 5.11 Å². The first-order valence-corrected chi connectivity index (χ1v) is 11.2. The number of benzene rings is 2. The summed E-state index contributed by atoms with van der Waals surface area (Å²) >= 11 is -1.78. The molecule has 0 radical (unpaired) electrons. The molecule has 0 saturated carbocycles. The van der Waals surface area contributed by atoms with Gasteiger partial charge in [0.05, 0.1) is 0 Å². The summed E-state index contributed by atoms with van der Waals surface area (Å²) in [5.41, 5.74) is 2.13. The van der Waals surface area contributed by atoms with Crippen molar-refractivity contribution in [2.24, 2.45) is 0 Å². The summed E-state index contributed by atoms with van der Waals surface area (Å²) in [4.78, 5) is 0. The monoisotopic (exact) mass is 306 g/mol. The molecule has 1 N–H and O–H groups in total. The predicted molar refractivity (Wildman–Crippen MR) is 77.1 cm³/mol. The van der Waals surface area contributed by atoms with Crippen LogP contribution in [0.4, 0.5) is 0 Å². The van der Waals surface area contributed by atoms with Gasteiger partial charge in [0, 0.05) is 0 Å². The van der Waals surface area contributed by atoms with Gasteiger partial charge in [-0.2, -0.15) is 0 Å². The average molecular weight is 305 g/mol. The minimum absolute atomic E-state index is 0.709. The van der Waals surface area contributed by atoms with Crippen LogP contribution in [-0.2, 0) is 4.50 Å². The van der Waals surface area contributed by atoms with E-state index in [2.05, 4.69) is 30.1 Å². The number of hydrogen-bond acceptors (Lipinski definition) is 1. The molecule has 2 aromatic rings. The SMILES string of the molecule is C[Se]1(C(O)(c2ccccc2)c2ccccc2)CC1. The Labute approximate surface area is 111 Å². The molecule has 1 aliphatic heterocycles. The maximum absolute atomic E-state index is 11.4. The standard InChI is InChI=1S/C16H18OSe/c1-18(12-13-18)16(17,14-8-4-2-5-9-14)15-10-6-3-7-11-15/h2-11,17H,12-13H2,1H3. The van der Waals surface area contributed by atoms with Gasteiger partial charge < -0.3 is 0 Å². The van der Waals surface area contributed by atoms with Crippen LogP contribution in [0, 0.1) is 0 Å². The van der Waals surface area contributed by atoms with Gasteiger partial charge >= 0.3 is 111 Å². The van der Waals surface area contributed by atoms with Crippen LogP contribution in [0.1, 0.15) is 11.1 Å². The molecule has 0 aliphatic carbocycles. The Balaban J connectivity index is 2.17. The predicted octanol–water partition coefficient (Wildman–Crippen LogP) is 3.55. The fraction of sp³-hybridized carbons (Fsp3) is 0.250. The first-order chi connectivity index (χ1) is 8.67. The molecule has 0 spiro atoms. The molecule has 94 valence electrons. The molecule has 1 saturated heterocycles. The zero-order valence-corrected chi connectivity index (χ0v) is 12.3. The fourth-order valence-electron chi connectivity index (χ4n) is 2.48. The minimum atomic E-state index is -1.78. The van der Waals surface area contributed by atoms with E-state index in [1.165, 1.54) is 10.6 Å². The van der Waals surface area contributed by atoms with Gasteiger partial charge in [0.25, 0.3) is 0 Å². The quantitative estimate of drug-likeness (QED) is 0.860. The van der Waals surface area contributed by atoms with E-state index in [1.807, 2.05) is 36.4 Å². The zero-order valence-electron chi connectivity index (χ0n) is 10.5. The van der Waals surface area contributed by atoms with Crippen LogP contribution in [0.2, 0.25) is 16.5 Å². The third-order valence-corrected chi connectivity index (χ3v) is 11.3. The van der Waals surface area contributed by atoms with Gasteiger partial charge in [0.1, 0.15) is 0 Å². The van der Waals surface area contributed by atoms with Crippen molar-refractivity contribution in [3.63, 3.8) is 0 Å². The second-order valence-corrected chi connectivity index (χ2v) is 13.4. The molecule has 0 atom stereocenters. The Kier molecular flexibility index (Phi) is 2.82. The molecule has 0 aromatic heterocycles. The number of hydrogen-bond donors (Lipinski definition) is 1. The van der Waals surface area contributed by atoms with Crippen molar-refractivity contribution in [1.82, 2.24) is 0 Å². The Morgan fingerprint density at radius 1 is 0.833 bits per heavy atom. The van der Waals surface area contributed by atoms with E-state index in [9.17, 15) is 5.11 Å². The van der Waals surface area contributed by atoms with Crippen molar-refractivity contribution in [2.45, 2.75) is 21.0 Å². The van der Waals surface area contributed by atoms with Gasteiger partial charge in [-0.3, -0.25) is 0 Å². The van der Waals surface area contributed by atoms with E-state index in [4.69, 9.17) is 0 Å². The molecular formula is C16H18OSe. The Morgan fingerprint density at radius 3 is 1.56 bits per heavy atom. The van der Waals surface area contributed by atoms with Gasteiger partial charge in [-0.15, -0.1) is 0 Å². The van der Waals surface area contributed by atoms with E-state index in [0.717, 1.165) is 11.1 Å². The summed E-state index contributed by atoms with van der Waals surface area (Å²) in [6.45, 7) is 0. The molecule has 1 nitrogen and oxygen atoms in total. The molecule has 18 heavy (non-hydrogen) atoms. The van der Waals surface area contributed by atoms with Crippen LogP contribution in [0.5, 0.6) is 0 Å². The Hall–Kier alpha value is -1.08. The van der Waals surface area contributed by atoms with E-state index in [1.54, 1.807) is 0 Å². The average Bonchev–Trinajstić information content (AvgIpc) is 3.19. The van der Waals surface area contributed by atoms with Crippen LogP contribution >= 0.6 is 0 Å². The van der Waals surface area contributed by atoms with Crippen molar-refractivity contribution in [2.75, 3.05) is 0 Å². The summed E-state index contributed by atoms with van der Waals surface area (Å²) in [6.07, 6.45) is 0. The van der Waals surface area contributed by atoms with Crippen molar-refractivity contribution >= 4 is 12.8 Å². The fourth-order valence-corrected chi connectivity index (χ4v) is 9.93. The molecule has 1 heterocycles. The number of rotatable bonds is 3. The first kappa shape index (κ1) is 12.0. The summed E-state index contributed by atoms with van der Waals surface area (Å²) in [5, 5.41) is 13.9. The van der Waals surface area contributed by atoms with Crippen molar-refractivity contribution in [3.05, 3.63) is 71.8 Å². The first-order valence-electron chi connectivity index (χ1n) is 6.23. The summed E-state index contributed by atoms with van der Waals surface area (Å²) < 4.78 is -0.709. The Bertz CT molecular complexity index is 492. The van der Waals surface area contributed by atoms with E-state index in [0.29, 0.717) is 0 Å². The van der Waals surface area contributed by atoms with Gasteiger partial charge in [-0.05, 0) is 0 Å². The van der Waals surface area contributed by atoms with Gasteiger partial charge in [-0.25, -0.2) is 0 Å². The molecule has 1 fully saturated rings. The topological polar surface area (TPSA) is 20.2 Å². The molecule has 0 unspecified atom stereocenters. The van der Waals surface area contributed by atoms with Crippen molar-refractivity contribution in [3.8, 4) is 0 Å². The van der Waals surface area contributed by atoms with Crippen LogP contribution in [0.15, 0.2) is 60.7 Å².